The molecular formula is C24H31N5O4S3. The molecule has 3 aromatic heterocycles. The van der Waals surface area contributed by atoms with Crippen LogP contribution in [-0.2, 0) is 22.5 Å². The molecule has 3 N–H and O–H groups in total. The third kappa shape index (κ3) is 6.54. The number of anilines is 1. The Morgan fingerprint density at radius 2 is 1.97 bits per heavy atom. The summed E-state index contributed by atoms with van der Waals surface area (Å²) >= 11 is 3.95. The van der Waals surface area contributed by atoms with Crippen molar-refractivity contribution in [2.75, 3.05) is 11.1 Å². The predicted octanol–water partition coefficient (Wildman–Crippen LogP) is 5.13. The summed E-state index contributed by atoms with van der Waals surface area (Å²) in [6.45, 7) is 10.0. The molecule has 3 rings (SSSR count). The molecule has 0 bridgehead atoms. The number of rotatable bonds is 12. The molecule has 0 saturated carbocycles. The summed E-state index contributed by atoms with van der Waals surface area (Å²) < 4.78 is 7.33. The van der Waals surface area contributed by atoms with E-state index in [0.29, 0.717) is 10.7 Å². The van der Waals surface area contributed by atoms with Gasteiger partial charge in [0.1, 0.15) is 5.00 Å². The van der Waals surface area contributed by atoms with E-state index < -0.39 is 11.9 Å². The van der Waals surface area contributed by atoms with Gasteiger partial charge in [0.05, 0.1) is 22.3 Å². The van der Waals surface area contributed by atoms with Gasteiger partial charge < -0.3 is 20.4 Å². The number of primary amides is 1. The van der Waals surface area contributed by atoms with Crippen LogP contribution in [0.15, 0.2) is 16.6 Å². The highest BCUT2D eigenvalue weighted by Gasteiger charge is 2.26. The highest BCUT2D eigenvalue weighted by atomic mass is 32.2. The molecular weight excluding hydrogens is 518 g/mol. The number of aromatic nitrogens is 3. The largest absolute Gasteiger partial charge is 0.459 e. The number of ether oxygens (including phenoxy) is 1. The molecule has 0 aliphatic heterocycles. The van der Waals surface area contributed by atoms with Crippen molar-refractivity contribution < 1.29 is 19.1 Å². The van der Waals surface area contributed by atoms with E-state index in [0.717, 1.165) is 48.5 Å². The Hall–Kier alpha value is -2.70. The number of hydrogen-bond acceptors (Lipinski definition) is 9. The molecule has 0 atom stereocenters. The first kappa shape index (κ1) is 27.9. The van der Waals surface area contributed by atoms with Crippen molar-refractivity contribution in [1.29, 1.82) is 0 Å². The molecule has 0 fully saturated rings. The van der Waals surface area contributed by atoms with Crippen molar-refractivity contribution in [3.63, 3.8) is 0 Å². The number of aryl methyl sites for hydroxylation is 1. The van der Waals surface area contributed by atoms with E-state index in [1.807, 2.05) is 4.57 Å². The Balaban J connectivity index is 1.77. The van der Waals surface area contributed by atoms with Crippen molar-refractivity contribution in [2.45, 2.75) is 71.7 Å². The van der Waals surface area contributed by atoms with Crippen molar-refractivity contribution in [1.82, 2.24) is 14.8 Å². The third-order valence-corrected chi connectivity index (χ3v) is 8.26. The zero-order chi connectivity index (χ0) is 26.4. The number of nitrogens with two attached hydrogens (primary N) is 1. The first-order chi connectivity index (χ1) is 17.2. The fourth-order valence-corrected chi connectivity index (χ4v) is 6.35. The fraction of sp³-hybridized carbons (Fsp3) is 0.458. The fourth-order valence-electron chi connectivity index (χ4n) is 3.56. The minimum atomic E-state index is -0.665. The van der Waals surface area contributed by atoms with Gasteiger partial charge in [-0.2, -0.15) is 0 Å². The van der Waals surface area contributed by atoms with Gasteiger partial charge in [0.25, 0.3) is 5.91 Å². The molecule has 0 aliphatic rings. The minimum Gasteiger partial charge on any atom is -0.459 e. The Kier molecular flexibility index (Phi) is 9.69. The third-order valence-electron chi connectivity index (χ3n) is 5.08. The van der Waals surface area contributed by atoms with Crippen LogP contribution < -0.4 is 11.1 Å². The molecule has 3 heterocycles. The van der Waals surface area contributed by atoms with E-state index >= 15 is 0 Å². The predicted molar refractivity (Wildman–Crippen MR) is 145 cm³/mol. The minimum absolute atomic E-state index is 0.0497. The van der Waals surface area contributed by atoms with Gasteiger partial charge in [-0.25, -0.2) is 4.79 Å². The van der Waals surface area contributed by atoms with Crippen molar-refractivity contribution in [3.8, 4) is 11.4 Å². The molecule has 0 unspecified atom stereocenters. The average Bonchev–Trinajstić information content (AvgIpc) is 3.50. The van der Waals surface area contributed by atoms with Crippen LogP contribution in [0.25, 0.3) is 11.4 Å². The topological polar surface area (TPSA) is 129 Å². The first-order valence-corrected chi connectivity index (χ1v) is 14.4. The second-order valence-electron chi connectivity index (χ2n) is 8.42. The number of amides is 2. The lowest BCUT2D eigenvalue weighted by Crippen LogP contribution is -2.18. The summed E-state index contributed by atoms with van der Waals surface area (Å²) in [5.41, 5.74) is 7.04. The second-order valence-corrected chi connectivity index (χ2v) is 11.4. The molecule has 9 nitrogen and oxygen atoms in total. The summed E-state index contributed by atoms with van der Waals surface area (Å²) in [6.07, 6.45) is 2.65. The van der Waals surface area contributed by atoms with Crippen LogP contribution in [-0.4, -0.2) is 44.4 Å². The van der Waals surface area contributed by atoms with E-state index in [4.69, 9.17) is 10.5 Å². The molecule has 0 aliphatic carbocycles. The Labute approximate surface area is 222 Å². The van der Waals surface area contributed by atoms with E-state index in [9.17, 15) is 14.4 Å². The van der Waals surface area contributed by atoms with Crippen LogP contribution in [0.5, 0.6) is 0 Å². The van der Waals surface area contributed by atoms with Crippen LogP contribution >= 0.6 is 34.4 Å². The van der Waals surface area contributed by atoms with Crippen LogP contribution in [0.2, 0.25) is 0 Å². The summed E-state index contributed by atoms with van der Waals surface area (Å²) in [5, 5.41) is 14.5. The van der Waals surface area contributed by atoms with Crippen molar-refractivity contribution in [2.24, 2.45) is 5.73 Å². The smallest absolute Gasteiger partial charge is 0.341 e. The molecule has 0 saturated heterocycles. The van der Waals surface area contributed by atoms with Crippen LogP contribution in [0, 0.1) is 6.92 Å². The molecule has 194 valence electrons. The maximum atomic E-state index is 12.8. The number of nitrogens with zero attached hydrogens (tertiary/aromatic N) is 3. The lowest BCUT2D eigenvalue weighted by Gasteiger charge is -2.11. The molecule has 2 amide bonds. The van der Waals surface area contributed by atoms with Crippen molar-refractivity contribution in [3.05, 3.63) is 32.3 Å². The highest BCUT2D eigenvalue weighted by Crippen LogP contribution is 2.34. The maximum absolute atomic E-state index is 12.8. The number of thiophene rings is 2. The molecule has 3 aromatic rings. The number of esters is 1. The van der Waals surface area contributed by atoms with Gasteiger partial charge in [-0.15, -0.1) is 32.9 Å². The maximum Gasteiger partial charge on any atom is 0.341 e. The number of hydrogen-bond donors (Lipinski definition) is 2. The Bertz CT molecular complexity index is 1240. The summed E-state index contributed by atoms with van der Waals surface area (Å²) in [7, 11) is 0. The quantitative estimate of drug-likeness (QED) is 0.236. The van der Waals surface area contributed by atoms with Gasteiger partial charge in [-0.05, 0) is 45.2 Å². The standard InChI is InChI=1S/C24H31N5O4S3/c1-6-8-16-10-15(11-34-16)21-27-28-24(29(21)9-7-2)35-12-17(30)26-22-18(23(32)33-13(3)4)14(5)19(36-22)20(25)31/h10-11,13H,6-9,12H2,1-5H3,(H2,25,31)(H,26,30). The number of carbonyl (C=O) groups is 3. The van der Waals surface area contributed by atoms with Crippen molar-refractivity contribution >= 4 is 57.2 Å². The Morgan fingerprint density at radius 1 is 1.22 bits per heavy atom. The van der Waals surface area contributed by atoms with Gasteiger partial charge in [0.2, 0.25) is 5.91 Å². The lowest BCUT2D eigenvalue weighted by atomic mass is 10.1. The van der Waals surface area contributed by atoms with E-state index in [1.54, 1.807) is 32.1 Å². The number of thioether (sulfide) groups is 1. The number of carbonyl (C=O) groups excluding carboxylic acids is 3. The monoisotopic (exact) mass is 549 g/mol. The summed E-state index contributed by atoms with van der Waals surface area (Å²) in [6, 6.07) is 2.15. The molecule has 0 radical (unpaired) electrons. The highest BCUT2D eigenvalue weighted by molar-refractivity contribution is 7.99. The Morgan fingerprint density at radius 3 is 2.61 bits per heavy atom. The summed E-state index contributed by atoms with van der Waals surface area (Å²) in [5.74, 6) is -0.781. The second kappa shape index (κ2) is 12.5. The number of nitrogens with one attached hydrogen (secondary N) is 1. The van der Waals surface area contributed by atoms with Gasteiger partial charge in [0, 0.05) is 22.4 Å². The van der Waals surface area contributed by atoms with Crippen LogP contribution in [0.1, 0.15) is 71.0 Å². The van der Waals surface area contributed by atoms with E-state index in [1.165, 1.54) is 16.6 Å². The van der Waals surface area contributed by atoms with Crippen LogP contribution in [0.3, 0.4) is 0 Å². The molecule has 36 heavy (non-hydrogen) atoms. The van der Waals surface area contributed by atoms with Gasteiger partial charge in [-0.3, -0.25) is 9.59 Å². The molecule has 12 heteroatoms. The van der Waals surface area contributed by atoms with Gasteiger partial charge in [0.15, 0.2) is 11.0 Å². The lowest BCUT2D eigenvalue weighted by molar-refractivity contribution is -0.113. The van der Waals surface area contributed by atoms with Gasteiger partial charge >= 0.3 is 5.97 Å². The van der Waals surface area contributed by atoms with Crippen LogP contribution in [0.4, 0.5) is 5.00 Å². The van der Waals surface area contributed by atoms with Gasteiger partial charge in [-0.1, -0.05) is 32.0 Å². The zero-order valence-corrected chi connectivity index (χ0v) is 23.5. The van der Waals surface area contributed by atoms with E-state index in [-0.39, 0.29) is 33.2 Å². The first-order valence-electron chi connectivity index (χ1n) is 11.7. The summed E-state index contributed by atoms with van der Waals surface area (Å²) in [4.78, 5) is 38.8. The average molecular weight is 550 g/mol. The SMILES string of the molecule is CCCc1cc(-c2nnc(SCC(=O)Nc3sc(C(N)=O)c(C)c3C(=O)OC(C)C)n2CCC)cs1. The zero-order valence-electron chi connectivity index (χ0n) is 21.0. The van der Waals surface area contributed by atoms with E-state index in [2.05, 4.69) is 40.8 Å². The normalized spacial score (nSPS) is 11.2. The molecule has 0 spiro atoms. The molecule has 0 aromatic carbocycles.